The quantitative estimate of drug-likeness (QED) is 0.488. The molecule has 4 rings (SSSR count). The van der Waals surface area contributed by atoms with Gasteiger partial charge in [0.15, 0.2) is 0 Å². The van der Waals surface area contributed by atoms with E-state index in [0.29, 0.717) is 23.8 Å². The maximum Gasteiger partial charge on any atom is 0.253 e. The number of carbonyl (C=O) groups excluding carboxylic acids is 2. The number of nitrogens with zero attached hydrogens (tertiary/aromatic N) is 1. The SMILES string of the molecule is CC1CCN(C(=O)c2ccc(NC(=O)CNc3cccc(OCc4ccccc4)c3)cc2)CC1. The lowest BCUT2D eigenvalue weighted by molar-refractivity contribution is -0.114. The molecule has 34 heavy (non-hydrogen) atoms. The van der Waals surface area contributed by atoms with Gasteiger partial charge in [0.25, 0.3) is 5.91 Å². The van der Waals surface area contributed by atoms with Crippen LogP contribution in [0.3, 0.4) is 0 Å². The van der Waals surface area contributed by atoms with E-state index in [-0.39, 0.29) is 18.4 Å². The molecule has 1 heterocycles. The fourth-order valence-electron chi connectivity index (χ4n) is 3.91. The molecule has 1 saturated heterocycles. The molecule has 0 unspecified atom stereocenters. The van der Waals surface area contributed by atoms with E-state index in [1.54, 1.807) is 24.3 Å². The second kappa shape index (κ2) is 11.4. The minimum atomic E-state index is -0.167. The molecular weight excluding hydrogens is 426 g/mol. The molecule has 0 aliphatic carbocycles. The van der Waals surface area contributed by atoms with Crippen molar-refractivity contribution in [1.29, 1.82) is 0 Å². The summed E-state index contributed by atoms with van der Waals surface area (Å²) in [6, 6.07) is 24.6. The zero-order valence-corrected chi connectivity index (χ0v) is 19.5. The molecule has 176 valence electrons. The monoisotopic (exact) mass is 457 g/mol. The molecule has 0 atom stereocenters. The Hall–Kier alpha value is -3.80. The zero-order valence-electron chi connectivity index (χ0n) is 19.5. The Bertz CT molecular complexity index is 1090. The summed E-state index contributed by atoms with van der Waals surface area (Å²) in [5.74, 6) is 1.30. The Morgan fingerprint density at radius 1 is 0.912 bits per heavy atom. The van der Waals surface area contributed by atoms with Crippen LogP contribution in [0.4, 0.5) is 11.4 Å². The Morgan fingerprint density at radius 2 is 1.65 bits per heavy atom. The van der Waals surface area contributed by atoms with Gasteiger partial charge in [-0.15, -0.1) is 0 Å². The third-order valence-corrected chi connectivity index (χ3v) is 6.02. The van der Waals surface area contributed by atoms with E-state index in [2.05, 4.69) is 17.6 Å². The number of rotatable bonds is 8. The maximum absolute atomic E-state index is 12.7. The van der Waals surface area contributed by atoms with Gasteiger partial charge in [-0.2, -0.15) is 0 Å². The van der Waals surface area contributed by atoms with E-state index in [1.165, 1.54) is 0 Å². The van der Waals surface area contributed by atoms with Crippen molar-refractivity contribution >= 4 is 23.2 Å². The molecule has 1 aliphatic heterocycles. The summed E-state index contributed by atoms with van der Waals surface area (Å²) in [5, 5.41) is 5.99. The zero-order chi connectivity index (χ0) is 23.8. The Balaban J connectivity index is 1.24. The first-order chi connectivity index (χ1) is 16.6. The van der Waals surface area contributed by atoms with Crippen LogP contribution in [-0.2, 0) is 11.4 Å². The van der Waals surface area contributed by atoms with Crippen LogP contribution in [0, 0.1) is 5.92 Å². The van der Waals surface area contributed by atoms with Crippen LogP contribution in [0.15, 0.2) is 78.9 Å². The predicted octanol–water partition coefficient (Wildman–Crippen LogP) is 5.19. The normalized spacial score (nSPS) is 13.9. The van der Waals surface area contributed by atoms with Crippen LogP contribution in [0.5, 0.6) is 5.75 Å². The highest BCUT2D eigenvalue weighted by atomic mass is 16.5. The summed E-state index contributed by atoms with van der Waals surface area (Å²) >= 11 is 0. The Kier molecular flexibility index (Phi) is 7.81. The number of hydrogen-bond donors (Lipinski definition) is 2. The first-order valence-electron chi connectivity index (χ1n) is 11.8. The lowest BCUT2D eigenvalue weighted by atomic mass is 9.98. The van der Waals surface area contributed by atoms with Crippen LogP contribution in [0.1, 0.15) is 35.7 Å². The van der Waals surface area contributed by atoms with Gasteiger partial charge in [-0.05, 0) is 60.7 Å². The number of anilines is 2. The molecule has 0 radical (unpaired) electrons. The van der Waals surface area contributed by atoms with Gasteiger partial charge in [0.2, 0.25) is 5.91 Å². The highest BCUT2D eigenvalue weighted by Gasteiger charge is 2.21. The second-order valence-electron chi connectivity index (χ2n) is 8.76. The van der Waals surface area contributed by atoms with E-state index in [9.17, 15) is 9.59 Å². The van der Waals surface area contributed by atoms with Crippen LogP contribution >= 0.6 is 0 Å². The number of carbonyl (C=O) groups is 2. The molecule has 0 saturated carbocycles. The molecular formula is C28H31N3O3. The Labute approximate surface area is 200 Å². The van der Waals surface area contributed by atoms with Crippen molar-refractivity contribution < 1.29 is 14.3 Å². The number of benzene rings is 3. The summed E-state index contributed by atoms with van der Waals surface area (Å²) in [5.41, 5.74) is 3.21. The fourth-order valence-corrected chi connectivity index (χ4v) is 3.91. The van der Waals surface area contributed by atoms with E-state index in [0.717, 1.165) is 42.9 Å². The molecule has 0 aromatic heterocycles. The molecule has 2 amide bonds. The number of hydrogen-bond acceptors (Lipinski definition) is 4. The summed E-state index contributed by atoms with van der Waals surface area (Å²) in [4.78, 5) is 27.0. The van der Waals surface area contributed by atoms with Gasteiger partial charge >= 0.3 is 0 Å². The lowest BCUT2D eigenvalue weighted by Gasteiger charge is -2.30. The van der Waals surface area contributed by atoms with Gasteiger partial charge in [-0.25, -0.2) is 0 Å². The summed E-state index contributed by atoms with van der Waals surface area (Å²) in [6.07, 6.45) is 2.10. The van der Waals surface area contributed by atoms with Gasteiger partial charge in [0, 0.05) is 36.1 Å². The van der Waals surface area contributed by atoms with Crippen LogP contribution < -0.4 is 15.4 Å². The van der Waals surface area contributed by atoms with Crippen LogP contribution in [-0.4, -0.2) is 36.3 Å². The fraction of sp³-hybridized carbons (Fsp3) is 0.286. The van der Waals surface area contributed by atoms with Gasteiger partial charge in [-0.1, -0.05) is 43.3 Å². The summed E-state index contributed by atoms with van der Waals surface area (Å²) in [7, 11) is 0. The summed E-state index contributed by atoms with van der Waals surface area (Å²) < 4.78 is 5.84. The molecule has 1 aliphatic rings. The highest BCUT2D eigenvalue weighted by Crippen LogP contribution is 2.20. The van der Waals surface area contributed by atoms with Crippen molar-refractivity contribution in [2.24, 2.45) is 5.92 Å². The number of ether oxygens (including phenoxy) is 1. The van der Waals surface area contributed by atoms with E-state index < -0.39 is 0 Å². The topological polar surface area (TPSA) is 70.7 Å². The molecule has 3 aromatic rings. The highest BCUT2D eigenvalue weighted by molar-refractivity contribution is 5.96. The summed E-state index contributed by atoms with van der Waals surface area (Å²) in [6.45, 7) is 4.45. The maximum atomic E-state index is 12.7. The smallest absolute Gasteiger partial charge is 0.253 e. The molecule has 6 nitrogen and oxygen atoms in total. The number of piperidine rings is 1. The lowest BCUT2D eigenvalue weighted by Crippen LogP contribution is -2.37. The third-order valence-electron chi connectivity index (χ3n) is 6.02. The number of amides is 2. The van der Waals surface area contributed by atoms with E-state index in [4.69, 9.17) is 4.74 Å². The van der Waals surface area contributed by atoms with Gasteiger partial charge in [0.1, 0.15) is 12.4 Å². The molecule has 2 N–H and O–H groups in total. The van der Waals surface area contributed by atoms with Crippen molar-refractivity contribution in [2.45, 2.75) is 26.4 Å². The van der Waals surface area contributed by atoms with Crippen molar-refractivity contribution in [1.82, 2.24) is 4.90 Å². The average Bonchev–Trinajstić information content (AvgIpc) is 2.88. The molecule has 6 heteroatoms. The Morgan fingerprint density at radius 3 is 2.38 bits per heavy atom. The van der Waals surface area contributed by atoms with Gasteiger partial charge in [0.05, 0.1) is 6.54 Å². The standard InChI is InChI=1S/C28H31N3O3/c1-21-14-16-31(17-15-21)28(33)23-10-12-24(13-11-23)30-27(32)19-29-25-8-5-9-26(18-25)34-20-22-6-3-2-4-7-22/h2-13,18,21,29H,14-17,19-20H2,1H3,(H,30,32). The minimum absolute atomic E-state index is 0.0563. The third kappa shape index (κ3) is 6.61. The van der Waals surface area contributed by atoms with Crippen molar-refractivity contribution in [3.63, 3.8) is 0 Å². The minimum Gasteiger partial charge on any atom is -0.489 e. The molecule has 0 bridgehead atoms. The average molecular weight is 458 g/mol. The predicted molar refractivity (Wildman–Crippen MR) is 135 cm³/mol. The van der Waals surface area contributed by atoms with Crippen molar-refractivity contribution in [2.75, 3.05) is 30.3 Å². The molecule has 3 aromatic carbocycles. The largest absolute Gasteiger partial charge is 0.489 e. The van der Waals surface area contributed by atoms with Crippen molar-refractivity contribution in [3.05, 3.63) is 90.0 Å². The van der Waals surface area contributed by atoms with Crippen LogP contribution in [0.25, 0.3) is 0 Å². The second-order valence-corrected chi connectivity index (χ2v) is 8.76. The number of likely N-dealkylation sites (tertiary alicyclic amines) is 1. The molecule has 0 spiro atoms. The molecule has 1 fully saturated rings. The van der Waals surface area contributed by atoms with E-state index in [1.807, 2.05) is 59.5 Å². The van der Waals surface area contributed by atoms with Gasteiger partial charge < -0.3 is 20.3 Å². The first-order valence-corrected chi connectivity index (χ1v) is 11.8. The van der Waals surface area contributed by atoms with Crippen LogP contribution in [0.2, 0.25) is 0 Å². The first kappa shape index (κ1) is 23.4. The number of nitrogens with one attached hydrogen (secondary N) is 2. The van der Waals surface area contributed by atoms with Gasteiger partial charge in [-0.3, -0.25) is 9.59 Å². The van der Waals surface area contributed by atoms with E-state index >= 15 is 0 Å². The van der Waals surface area contributed by atoms with Crippen molar-refractivity contribution in [3.8, 4) is 5.75 Å².